The number of aryl methyl sites for hydroxylation is 1. The lowest BCUT2D eigenvalue weighted by atomic mass is 10.1. The van der Waals surface area contributed by atoms with Crippen LogP contribution >= 0.6 is 0 Å². The number of hydrogen-bond acceptors (Lipinski definition) is 7. The van der Waals surface area contributed by atoms with E-state index in [1.54, 1.807) is 19.2 Å². The van der Waals surface area contributed by atoms with Gasteiger partial charge >= 0.3 is 5.69 Å². The Balaban J connectivity index is 2.07. The Morgan fingerprint density at radius 2 is 1.89 bits per heavy atom. The molecule has 9 nitrogen and oxygen atoms in total. The number of hydrogen-bond donors (Lipinski definition) is 3. The van der Waals surface area contributed by atoms with E-state index in [1.165, 1.54) is 18.3 Å². The molecule has 0 spiro atoms. The smallest absolute Gasteiger partial charge is 0.330 e. The minimum absolute atomic E-state index is 0.106. The molecule has 146 valence electrons. The number of benzene rings is 1. The van der Waals surface area contributed by atoms with Crippen molar-refractivity contribution in [3.63, 3.8) is 0 Å². The van der Waals surface area contributed by atoms with Gasteiger partial charge in [-0.05, 0) is 26.1 Å². The van der Waals surface area contributed by atoms with Gasteiger partial charge in [0.05, 0.1) is 17.5 Å². The van der Waals surface area contributed by atoms with Gasteiger partial charge in [0, 0.05) is 12.3 Å². The van der Waals surface area contributed by atoms with Gasteiger partial charge in [0.15, 0.2) is 16.1 Å². The molecule has 10 heteroatoms. The summed E-state index contributed by atoms with van der Waals surface area (Å²) in [6, 6.07) is 6.71. The largest absolute Gasteiger partial charge is 0.394 e. The molecule has 1 aromatic heterocycles. The molecule has 1 aromatic carbocycles. The molecule has 27 heavy (non-hydrogen) atoms. The van der Waals surface area contributed by atoms with Crippen molar-refractivity contribution in [3.8, 4) is 0 Å². The van der Waals surface area contributed by atoms with Gasteiger partial charge in [-0.3, -0.25) is 14.3 Å². The third kappa shape index (κ3) is 3.48. The van der Waals surface area contributed by atoms with Crippen molar-refractivity contribution in [1.29, 1.82) is 0 Å². The average Bonchev–Trinajstić information content (AvgIpc) is 3.01. The van der Waals surface area contributed by atoms with Gasteiger partial charge < -0.3 is 15.2 Å². The number of nitrogens with zero attached hydrogens (tertiary/aromatic N) is 1. The van der Waals surface area contributed by atoms with E-state index in [4.69, 9.17) is 4.74 Å². The topological polar surface area (TPSA) is 130 Å². The second-order valence-corrected chi connectivity index (χ2v) is 8.51. The molecular formula is C17H21N3O6S. The third-order valence-electron chi connectivity index (χ3n) is 4.69. The van der Waals surface area contributed by atoms with Crippen LogP contribution in [-0.4, -0.2) is 54.1 Å². The molecule has 1 aliphatic heterocycles. The summed E-state index contributed by atoms with van der Waals surface area (Å²) >= 11 is 0. The lowest BCUT2D eigenvalue weighted by Gasteiger charge is -2.24. The van der Waals surface area contributed by atoms with Crippen LogP contribution in [0.1, 0.15) is 11.8 Å². The van der Waals surface area contributed by atoms with E-state index in [0.717, 1.165) is 16.2 Å². The lowest BCUT2D eigenvalue weighted by molar-refractivity contribution is -0.0296. The molecule has 1 fully saturated rings. The summed E-state index contributed by atoms with van der Waals surface area (Å²) in [7, 11) is -2.32. The Bertz CT molecular complexity index is 1030. The van der Waals surface area contributed by atoms with E-state index in [2.05, 4.69) is 10.3 Å². The van der Waals surface area contributed by atoms with Crippen LogP contribution in [0, 0.1) is 6.92 Å². The molecule has 0 amide bonds. The van der Waals surface area contributed by atoms with E-state index in [-0.39, 0.29) is 4.90 Å². The predicted molar refractivity (Wildman–Crippen MR) is 97.3 cm³/mol. The lowest BCUT2D eigenvalue weighted by Crippen LogP contribution is -2.48. The summed E-state index contributed by atoms with van der Waals surface area (Å²) in [6.07, 6.45) is -0.815. The SMILES string of the molecule is CN[C@@H]1[C@@H](S(=O)(=O)c2ccc(C)cc2)[C@@H](CO)O[C@H]1n1ccc(=O)[nH]c1=O. The molecule has 0 aliphatic carbocycles. The maximum atomic E-state index is 13.2. The fourth-order valence-corrected chi connectivity index (χ4v) is 5.37. The van der Waals surface area contributed by atoms with Gasteiger partial charge in [-0.2, -0.15) is 0 Å². The first kappa shape index (κ1) is 19.5. The number of sulfone groups is 1. The van der Waals surface area contributed by atoms with E-state index >= 15 is 0 Å². The summed E-state index contributed by atoms with van der Waals surface area (Å²) in [5, 5.41) is 11.5. The Hall–Kier alpha value is -2.27. The normalized spacial score (nSPS) is 25.6. The van der Waals surface area contributed by atoms with Crippen molar-refractivity contribution in [2.75, 3.05) is 13.7 Å². The number of aliphatic hydroxyl groups excluding tert-OH is 1. The third-order valence-corrected chi connectivity index (χ3v) is 6.93. The standard InChI is InChI=1S/C17H21N3O6S/c1-10-3-5-11(6-4-10)27(24,25)15-12(9-21)26-16(14(15)18-2)20-8-7-13(22)19-17(20)23/h3-8,12,14-16,18,21H,9H2,1-2H3,(H,19,22,23)/t12-,14-,15+,16-/m1/s1. The van der Waals surface area contributed by atoms with Gasteiger partial charge in [0.2, 0.25) is 0 Å². The van der Waals surface area contributed by atoms with E-state index < -0.39 is 51.3 Å². The molecule has 2 heterocycles. The highest BCUT2D eigenvalue weighted by atomic mass is 32.2. The quantitative estimate of drug-likeness (QED) is 0.602. The zero-order valence-electron chi connectivity index (χ0n) is 14.8. The average molecular weight is 395 g/mol. The van der Waals surface area contributed by atoms with E-state index in [9.17, 15) is 23.1 Å². The number of rotatable bonds is 5. The van der Waals surface area contributed by atoms with Crippen LogP contribution in [0.15, 0.2) is 51.0 Å². The zero-order chi connectivity index (χ0) is 19.8. The summed E-state index contributed by atoms with van der Waals surface area (Å²) in [5.74, 6) is 0. The van der Waals surface area contributed by atoms with Gasteiger partial charge in [0.1, 0.15) is 11.4 Å². The summed E-state index contributed by atoms with van der Waals surface area (Å²) in [6.45, 7) is 1.31. The van der Waals surface area contributed by atoms with Crippen LogP contribution in [-0.2, 0) is 14.6 Å². The number of aromatic amines is 1. The van der Waals surface area contributed by atoms with Gasteiger partial charge in [-0.15, -0.1) is 0 Å². The fourth-order valence-electron chi connectivity index (χ4n) is 3.33. The molecule has 0 bridgehead atoms. The number of likely N-dealkylation sites (N-methyl/N-ethyl adjacent to an activating group) is 1. The molecule has 0 radical (unpaired) electrons. The molecule has 3 N–H and O–H groups in total. The molecule has 2 aromatic rings. The van der Waals surface area contributed by atoms with Crippen LogP contribution in [0.5, 0.6) is 0 Å². The van der Waals surface area contributed by atoms with Crippen molar-refractivity contribution in [1.82, 2.24) is 14.9 Å². The Morgan fingerprint density at radius 1 is 1.22 bits per heavy atom. The minimum atomic E-state index is -3.87. The molecule has 0 saturated carbocycles. The Kier molecular flexibility index (Phi) is 5.33. The van der Waals surface area contributed by atoms with E-state index in [1.807, 2.05) is 6.92 Å². The van der Waals surface area contributed by atoms with E-state index in [0.29, 0.717) is 0 Å². The molecule has 4 atom stereocenters. The van der Waals surface area contributed by atoms with Gasteiger partial charge in [0.25, 0.3) is 5.56 Å². The van der Waals surface area contributed by atoms with Crippen LogP contribution in [0.25, 0.3) is 0 Å². The minimum Gasteiger partial charge on any atom is -0.394 e. The van der Waals surface area contributed by atoms with Crippen LogP contribution in [0.4, 0.5) is 0 Å². The first-order chi connectivity index (χ1) is 12.8. The van der Waals surface area contributed by atoms with Crippen molar-refractivity contribution >= 4 is 9.84 Å². The second kappa shape index (κ2) is 7.39. The number of ether oxygens (including phenoxy) is 1. The summed E-state index contributed by atoms with van der Waals surface area (Å²) in [4.78, 5) is 25.7. The molecule has 0 unspecified atom stereocenters. The number of aromatic nitrogens is 2. The summed E-state index contributed by atoms with van der Waals surface area (Å²) in [5.41, 5.74) is -0.381. The fraction of sp³-hybridized carbons (Fsp3) is 0.412. The Morgan fingerprint density at radius 3 is 2.44 bits per heavy atom. The van der Waals surface area contributed by atoms with Crippen LogP contribution in [0.2, 0.25) is 0 Å². The van der Waals surface area contributed by atoms with Gasteiger partial charge in [-0.1, -0.05) is 17.7 Å². The maximum absolute atomic E-state index is 13.2. The molecule has 3 rings (SSSR count). The highest BCUT2D eigenvalue weighted by Crippen LogP contribution is 2.35. The second-order valence-electron chi connectivity index (χ2n) is 6.40. The van der Waals surface area contributed by atoms with Crippen molar-refractivity contribution in [2.24, 2.45) is 0 Å². The molecule has 1 saturated heterocycles. The number of aliphatic hydroxyl groups is 1. The number of H-pyrrole nitrogens is 1. The zero-order valence-corrected chi connectivity index (χ0v) is 15.6. The molecule has 1 aliphatic rings. The highest BCUT2D eigenvalue weighted by Gasteiger charge is 2.51. The van der Waals surface area contributed by atoms with Crippen LogP contribution < -0.4 is 16.6 Å². The first-order valence-corrected chi connectivity index (χ1v) is 9.90. The van der Waals surface area contributed by atoms with Crippen molar-refractivity contribution in [2.45, 2.75) is 35.4 Å². The first-order valence-electron chi connectivity index (χ1n) is 8.35. The predicted octanol–water partition coefficient (Wildman–Crippen LogP) is -0.835. The Labute approximate surface area is 155 Å². The molecular weight excluding hydrogens is 374 g/mol. The van der Waals surface area contributed by atoms with Crippen molar-refractivity contribution < 1.29 is 18.3 Å². The summed E-state index contributed by atoms with van der Waals surface area (Å²) < 4.78 is 33.3. The van der Waals surface area contributed by atoms with Crippen molar-refractivity contribution in [3.05, 3.63) is 62.9 Å². The maximum Gasteiger partial charge on any atom is 0.330 e. The number of nitrogens with one attached hydrogen (secondary N) is 2. The monoisotopic (exact) mass is 395 g/mol. The highest BCUT2D eigenvalue weighted by molar-refractivity contribution is 7.92. The van der Waals surface area contributed by atoms with Gasteiger partial charge in [-0.25, -0.2) is 13.2 Å². The van der Waals surface area contributed by atoms with Crippen LogP contribution in [0.3, 0.4) is 0 Å².